The van der Waals surface area contributed by atoms with Crippen LogP contribution >= 0.6 is 0 Å². The van der Waals surface area contributed by atoms with Gasteiger partial charge in [-0.15, -0.1) is 0 Å². The van der Waals surface area contributed by atoms with Crippen molar-refractivity contribution in [1.82, 2.24) is 10.2 Å². The Kier molecular flexibility index (Phi) is 6.16. The van der Waals surface area contributed by atoms with Gasteiger partial charge in [-0.1, -0.05) is 25.1 Å². The first-order valence-electron chi connectivity index (χ1n) is 8.36. The summed E-state index contributed by atoms with van der Waals surface area (Å²) in [6, 6.07) is 10.0. The summed E-state index contributed by atoms with van der Waals surface area (Å²) in [5, 5.41) is 2.97. The second kappa shape index (κ2) is 8.11. The van der Waals surface area contributed by atoms with Gasteiger partial charge < -0.3 is 15.1 Å². The van der Waals surface area contributed by atoms with E-state index < -0.39 is 0 Å². The molecule has 5 nitrogen and oxygen atoms in total. The standard InChI is InChI=1S/C18H27N3O2/c1-4-14(2)20(3)11-10-19-18(23)15-12-17(22)21(13-15)16-8-6-5-7-9-16/h5-9,14-15H,4,10-13H2,1-3H3,(H,19,23)/t14-,15+/m0/s1. The number of likely N-dealkylation sites (N-methyl/N-ethyl adjacent to an activating group) is 1. The number of benzene rings is 1. The normalized spacial score (nSPS) is 19.2. The van der Waals surface area contributed by atoms with Crippen LogP contribution in [0.15, 0.2) is 30.3 Å². The van der Waals surface area contributed by atoms with Gasteiger partial charge in [0.1, 0.15) is 0 Å². The summed E-state index contributed by atoms with van der Waals surface area (Å²) in [5.74, 6) is -0.251. The first-order chi connectivity index (χ1) is 11.0. The molecular formula is C18H27N3O2. The number of nitrogens with zero attached hydrogens (tertiary/aromatic N) is 2. The Morgan fingerprint density at radius 2 is 2.09 bits per heavy atom. The molecule has 0 unspecified atom stereocenters. The van der Waals surface area contributed by atoms with Gasteiger partial charge in [0.2, 0.25) is 11.8 Å². The lowest BCUT2D eigenvalue weighted by atomic mass is 10.1. The quantitative estimate of drug-likeness (QED) is 0.835. The molecule has 2 amide bonds. The van der Waals surface area contributed by atoms with E-state index in [0.29, 0.717) is 25.6 Å². The van der Waals surface area contributed by atoms with Gasteiger partial charge in [0.05, 0.1) is 5.92 Å². The molecule has 23 heavy (non-hydrogen) atoms. The highest BCUT2D eigenvalue weighted by atomic mass is 16.2. The van der Waals surface area contributed by atoms with E-state index in [0.717, 1.165) is 18.7 Å². The van der Waals surface area contributed by atoms with Gasteiger partial charge in [0.25, 0.3) is 0 Å². The van der Waals surface area contributed by atoms with Gasteiger partial charge >= 0.3 is 0 Å². The molecule has 5 heteroatoms. The van der Waals surface area contributed by atoms with Crippen LogP contribution < -0.4 is 10.2 Å². The molecule has 1 saturated heterocycles. The third-order valence-electron chi connectivity index (χ3n) is 4.67. The van der Waals surface area contributed by atoms with Crippen molar-refractivity contribution >= 4 is 17.5 Å². The van der Waals surface area contributed by atoms with Gasteiger partial charge in [-0.3, -0.25) is 9.59 Å². The molecular weight excluding hydrogens is 290 g/mol. The van der Waals surface area contributed by atoms with Crippen LogP contribution in [0.1, 0.15) is 26.7 Å². The van der Waals surface area contributed by atoms with Crippen LogP contribution in [0.3, 0.4) is 0 Å². The number of carbonyl (C=O) groups excluding carboxylic acids is 2. The Balaban J connectivity index is 1.81. The highest BCUT2D eigenvalue weighted by molar-refractivity contribution is 6.00. The topological polar surface area (TPSA) is 52.7 Å². The number of hydrogen-bond donors (Lipinski definition) is 1. The van der Waals surface area contributed by atoms with Crippen molar-refractivity contribution in [2.75, 3.05) is 31.6 Å². The van der Waals surface area contributed by atoms with E-state index >= 15 is 0 Å². The lowest BCUT2D eigenvalue weighted by Gasteiger charge is -2.23. The molecule has 0 aromatic heterocycles. The van der Waals surface area contributed by atoms with Crippen LogP contribution in [-0.2, 0) is 9.59 Å². The smallest absolute Gasteiger partial charge is 0.227 e. The Morgan fingerprint density at radius 1 is 1.39 bits per heavy atom. The van der Waals surface area contributed by atoms with Crippen molar-refractivity contribution in [3.8, 4) is 0 Å². The van der Waals surface area contributed by atoms with E-state index in [4.69, 9.17) is 0 Å². The maximum absolute atomic E-state index is 12.3. The lowest BCUT2D eigenvalue weighted by Crippen LogP contribution is -2.39. The van der Waals surface area contributed by atoms with Crippen molar-refractivity contribution in [2.45, 2.75) is 32.7 Å². The minimum absolute atomic E-state index is 0.0191. The summed E-state index contributed by atoms with van der Waals surface area (Å²) in [4.78, 5) is 28.4. The second-order valence-corrected chi connectivity index (χ2v) is 6.27. The van der Waals surface area contributed by atoms with Gasteiger partial charge in [0.15, 0.2) is 0 Å². The minimum atomic E-state index is -0.253. The molecule has 1 aliphatic rings. The third-order valence-corrected chi connectivity index (χ3v) is 4.67. The van der Waals surface area contributed by atoms with Crippen LogP contribution in [0, 0.1) is 5.92 Å². The number of amides is 2. The molecule has 1 heterocycles. The number of anilines is 1. The maximum atomic E-state index is 12.3. The van der Waals surface area contributed by atoms with Crippen molar-refractivity contribution in [3.63, 3.8) is 0 Å². The summed E-state index contributed by atoms with van der Waals surface area (Å²) in [6.45, 7) is 6.24. The zero-order valence-electron chi connectivity index (χ0n) is 14.3. The predicted octanol–water partition coefficient (Wildman–Crippen LogP) is 1.89. The first-order valence-corrected chi connectivity index (χ1v) is 8.36. The third kappa shape index (κ3) is 4.55. The lowest BCUT2D eigenvalue weighted by molar-refractivity contribution is -0.126. The van der Waals surface area contributed by atoms with E-state index in [1.54, 1.807) is 4.90 Å². The molecule has 2 atom stereocenters. The molecule has 1 aromatic carbocycles. The summed E-state index contributed by atoms with van der Waals surface area (Å²) in [5.41, 5.74) is 0.865. The molecule has 0 bridgehead atoms. The molecule has 1 aliphatic heterocycles. The Morgan fingerprint density at radius 3 is 2.74 bits per heavy atom. The second-order valence-electron chi connectivity index (χ2n) is 6.27. The maximum Gasteiger partial charge on any atom is 0.227 e. The molecule has 0 radical (unpaired) electrons. The Labute approximate surface area is 138 Å². The number of hydrogen-bond acceptors (Lipinski definition) is 3. The molecule has 126 valence electrons. The molecule has 0 spiro atoms. The zero-order valence-corrected chi connectivity index (χ0v) is 14.3. The number of rotatable bonds is 7. The zero-order chi connectivity index (χ0) is 16.8. The summed E-state index contributed by atoms with van der Waals surface area (Å²) in [6.07, 6.45) is 1.38. The average molecular weight is 317 g/mol. The van der Waals surface area contributed by atoms with Crippen molar-refractivity contribution in [1.29, 1.82) is 0 Å². The summed E-state index contributed by atoms with van der Waals surface area (Å²) < 4.78 is 0. The van der Waals surface area contributed by atoms with E-state index in [1.807, 2.05) is 30.3 Å². The van der Waals surface area contributed by atoms with Gasteiger partial charge in [-0.2, -0.15) is 0 Å². The van der Waals surface area contributed by atoms with Gasteiger partial charge in [0, 0.05) is 37.8 Å². The highest BCUT2D eigenvalue weighted by Crippen LogP contribution is 2.24. The van der Waals surface area contributed by atoms with Crippen LogP contribution in [0.4, 0.5) is 5.69 Å². The van der Waals surface area contributed by atoms with Crippen molar-refractivity contribution in [3.05, 3.63) is 30.3 Å². The molecule has 1 N–H and O–H groups in total. The van der Waals surface area contributed by atoms with E-state index in [1.165, 1.54) is 0 Å². The van der Waals surface area contributed by atoms with Crippen molar-refractivity contribution in [2.24, 2.45) is 5.92 Å². The van der Waals surface area contributed by atoms with E-state index in [2.05, 4.69) is 31.1 Å². The van der Waals surface area contributed by atoms with Gasteiger partial charge in [-0.25, -0.2) is 0 Å². The summed E-state index contributed by atoms with van der Waals surface area (Å²) in [7, 11) is 2.07. The van der Waals surface area contributed by atoms with E-state index in [-0.39, 0.29) is 17.7 Å². The molecule has 1 aromatic rings. The SMILES string of the molecule is CC[C@H](C)N(C)CCNC(=O)[C@@H]1CC(=O)N(c2ccccc2)C1. The highest BCUT2D eigenvalue weighted by Gasteiger charge is 2.34. The van der Waals surface area contributed by atoms with Crippen LogP contribution in [0.25, 0.3) is 0 Å². The largest absolute Gasteiger partial charge is 0.355 e. The molecule has 1 fully saturated rings. The fourth-order valence-electron chi connectivity index (χ4n) is 2.77. The number of carbonyl (C=O) groups is 2. The van der Waals surface area contributed by atoms with Crippen LogP contribution in [0.2, 0.25) is 0 Å². The van der Waals surface area contributed by atoms with E-state index in [9.17, 15) is 9.59 Å². The Hall–Kier alpha value is -1.88. The fourth-order valence-corrected chi connectivity index (χ4v) is 2.77. The van der Waals surface area contributed by atoms with Gasteiger partial charge in [-0.05, 0) is 32.5 Å². The molecule has 0 saturated carbocycles. The predicted molar refractivity (Wildman–Crippen MR) is 92.3 cm³/mol. The van der Waals surface area contributed by atoms with Crippen LogP contribution in [-0.4, -0.2) is 49.4 Å². The summed E-state index contributed by atoms with van der Waals surface area (Å²) >= 11 is 0. The first kappa shape index (κ1) is 17.5. The molecule has 2 rings (SSSR count). The van der Waals surface area contributed by atoms with Crippen molar-refractivity contribution < 1.29 is 9.59 Å². The Bertz CT molecular complexity index is 532. The van der Waals surface area contributed by atoms with Crippen LogP contribution in [0.5, 0.6) is 0 Å². The fraction of sp³-hybridized carbons (Fsp3) is 0.556. The number of nitrogens with one attached hydrogen (secondary N) is 1. The molecule has 0 aliphatic carbocycles. The number of para-hydroxylation sites is 1. The average Bonchev–Trinajstić information content (AvgIpc) is 2.96. The minimum Gasteiger partial charge on any atom is -0.355 e. The monoisotopic (exact) mass is 317 g/mol.